The fourth-order valence-corrected chi connectivity index (χ4v) is 2.45. The zero-order chi connectivity index (χ0) is 10.6. The molecule has 0 bridgehead atoms. The lowest BCUT2D eigenvalue weighted by atomic mass is 10.1. The summed E-state index contributed by atoms with van der Waals surface area (Å²) in [5.74, 6) is 0. The lowest BCUT2D eigenvalue weighted by Gasteiger charge is -2.12. The molecular weight excluding hydrogens is 192 g/mol. The highest BCUT2D eigenvalue weighted by Crippen LogP contribution is 2.10. The van der Waals surface area contributed by atoms with Crippen LogP contribution in [0.1, 0.15) is 38.5 Å². The van der Waals surface area contributed by atoms with Crippen molar-refractivity contribution in [3.8, 4) is 0 Å². The van der Waals surface area contributed by atoms with Gasteiger partial charge in [0, 0.05) is 23.7 Å². The number of ether oxygens (including phenoxy) is 2. The van der Waals surface area contributed by atoms with Gasteiger partial charge in [-0.25, -0.2) is 0 Å². The Hall–Kier alpha value is 0.137. The molecule has 0 saturated carbocycles. The zero-order valence-corrected chi connectivity index (χ0v) is 11.5. The molecule has 0 aliphatic heterocycles. The van der Waals surface area contributed by atoms with Gasteiger partial charge in [0.25, 0.3) is 0 Å². The molecule has 14 heavy (non-hydrogen) atoms. The van der Waals surface area contributed by atoms with Crippen LogP contribution in [0.4, 0.5) is 0 Å². The fourth-order valence-electron chi connectivity index (χ4n) is 1.60. The predicted molar refractivity (Wildman–Crippen MR) is 64.7 cm³/mol. The molecule has 3 heteroatoms. The number of hydrogen-bond donors (Lipinski definition) is 0. The average molecular weight is 218 g/mol. The molecule has 0 radical (unpaired) electrons. The fraction of sp³-hybridized carbons (Fsp3) is 1.00. The molecule has 0 heterocycles. The Labute approximate surface area is 91.2 Å². The van der Waals surface area contributed by atoms with Crippen molar-refractivity contribution in [1.82, 2.24) is 0 Å². The van der Waals surface area contributed by atoms with E-state index in [1.165, 1.54) is 38.1 Å². The first-order valence-corrected chi connectivity index (χ1v) is 8.32. The van der Waals surface area contributed by atoms with Crippen LogP contribution in [0, 0.1) is 0 Å². The van der Waals surface area contributed by atoms with E-state index >= 15 is 0 Å². The minimum atomic E-state index is 0.0121. The van der Waals surface area contributed by atoms with Crippen molar-refractivity contribution in [2.45, 2.75) is 57.4 Å². The second-order valence-electron chi connectivity index (χ2n) is 3.81. The van der Waals surface area contributed by atoms with E-state index in [0.29, 0.717) is 9.52 Å². The van der Waals surface area contributed by atoms with E-state index in [9.17, 15) is 0 Å². The van der Waals surface area contributed by atoms with Crippen LogP contribution in [-0.2, 0) is 9.47 Å². The van der Waals surface area contributed by atoms with E-state index in [2.05, 4.69) is 6.55 Å². The van der Waals surface area contributed by atoms with Crippen LogP contribution < -0.4 is 0 Å². The highest BCUT2D eigenvalue weighted by atomic mass is 28.2. The second-order valence-corrected chi connectivity index (χ2v) is 5.52. The Kier molecular flexibility index (Phi) is 11.3. The van der Waals surface area contributed by atoms with Gasteiger partial charge in [0.15, 0.2) is 6.29 Å². The maximum atomic E-state index is 5.13. The number of rotatable bonds is 10. The summed E-state index contributed by atoms with van der Waals surface area (Å²) < 4.78 is 10.3. The molecule has 0 aliphatic rings. The van der Waals surface area contributed by atoms with Crippen LogP contribution in [0.3, 0.4) is 0 Å². The van der Waals surface area contributed by atoms with Gasteiger partial charge < -0.3 is 9.47 Å². The van der Waals surface area contributed by atoms with Crippen molar-refractivity contribution >= 4 is 9.52 Å². The molecule has 2 nitrogen and oxygen atoms in total. The summed E-state index contributed by atoms with van der Waals surface area (Å²) >= 11 is 0. The number of methoxy groups -OCH3 is 2. The van der Waals surface area contributed by atoms with Gasteiger partial charge in [-0.05, 0) is 12.8 Å². The summed E-state index contributed by atoms with van der Waals surface area (Å²) in [6, 6.07) is 1.53. The molecule has 0 saturated heterocycles. The van der Waals surface area contributed by atoms with Crippen LogP contribution >= 0.6 is 0 Å². The van der Waals surface area contributed by atoms with Crippen molar-refractivity contribution in [2.24, 2.45) is 0 Å². The van der Waals surface area contributed by atoms with E-state index in [0.717, 1.165) is 6.42 Å². The summed E-state index contributed by atoms with van der Waals surface area (Å²) in [6.45, 7) is 2.39. The Morgan fingerprint density at radius 1 is 0.929 bits per heavy atom. The van der Waals surface area contributed by atoms with E-state index in [1.807, 2.05) is 0 Å². The first-order valence-electron chi connectivity index (χ1n) is 5.90. The monoisotopic (exact) mass is 218 g/mol. The number of unbranched alkanes of at least 4 members (excludes halogenated alkanes) is 4. The minimum absolute atomic E-state index is 0.0121. The topological polar surface area (TPSA) is 18.5 Å². The molecule has 0 aromatic carbocycles. The van der Waals surface area contributed by atoms with Gasteiger partial charge in [-0.3, -0.25) is 0 Å². The van der Waals surface area contributed by atoms with E-state index in [-0.39, 0.29) is 6.29 Å². The van der Waals surface area contributed by atoms with E-state index in [1.54, 1.807) is 14.2 Å². The first kappa shape index (κ1) is 14.1. The third-order valence-electron chi connectivity index (χ3n) is 2.57. The van der Waals surface area contributed by atoms with E-state index in [4.69, 9.17) is 9.47 Å². The molecule has 86 valence electrons. The summed E-state index contributed by atoms with van der Waals surface area (Å²) in [5, 5.41) is 0. The summed E-state index contributed by atoms with van der Waals surface area (Å²) in [6.07, 6.45) is 7.87. The molecule has 0 atom stereocenters. The van der Waals surface area contributed by atoms with Gasteiger partial charge in [0.05, 0.1) is 0 Å². The molecule has 0 aromatic rings. The van der Waals surface area contributed by atoms with Crippen LogP contribution in [0.25, 0.3) is 0 Å². The first-order chi connectivity index (χ1) is 6.85. The van der Waals surface area contributed by atoms with Crippen LogP contribution in [0.15, 0.2) is 0 Å². The van der Waals surface area contributed by atoms with Crippen LogP contribution in [0.2, 0.25) is 12.6 Å². The maximum Gasteiger partial charge on any atom is 0.156 e. The smallest absolute Gasteiger partial charge is 0.156 e. The van der Waals surface area contributed by atoms with Crippen molar-refractivity contribution in [3.63, 3.8) is 0 Å². The van der Waals surface area contributed by atoms with Crippen molar-refractivity contribution in [1.29, 1.82) is 0 Å². The number of hydrogen-bond acceptors (Lipinski definition) is 2. The Morgan fingerprint density at radius 3 is 2.07 bits per heavy atom. The molecule has 0 aromatic heterocycles. The molecule has 0 amide bonds. The molecule has 0 fully saturated rings. The molecule has 0 unspecified atom stereocenters. The van der Waals surface area contributed by atoms with Gasteiger partial charge >= 0.3 is 0 Å². The summed E-state index contributed by atoms with van der Waals surface area (Å²) in [5.41, 5.74) is 0. The van der Waals surface area contributed by atoms with Crippen LogP contribution in [-0.4, -0.2) is 30.0 Å². The highest BCUT2D eigenvalue weighted by Gasteiger charge is 2.03. The van der Waals surface area contributed by atoms with Gasteiger partial charge in [0.1, 0.15) is 0 Å². The van der Waals surface area contributed by atoms with Gasteiger partial charge in [0.2, 0.25) is 0 Å². The largest absolute Gasteiger partial charge is 0.356 e. The molecule has 0 rings (SSSR count). The van der Waals surface area contributed by atoms with Crippen molar-refractivity contribution < 1.29 is 9.47 Å². The van der Waals surface area contributed by atoms with E-state index < -0.39 is 0 Å². The average Bonchev–Trinajstić information content (AvgIpc) is 2.22. The minimum Gasteiger partial charge on any atom is -0.356 e. The van der Waals surface area contributed by atoms with Gasteiger partial charge in [-0.1, -0.05) is 38.3 Å². The van der Waals surface area contributed by atoms with Gasteiger partial charge in [-0.2, -0.15) is 0 Å². The third kappa shape index (κ3) is 8.72. The molecule has 0 spiro atoms. The van der Waals surface area contributed by atoms with Crippen molar-refractivity contribution in [2.75, 3.05) is 14.2 Å². The molecule has 0 aliphatic carbocycles. The standard InChI is InChI=1S/C11H26O2Si/c1-12-11(13-2)9-7-5-4-6-8-10-14-3/h11H,4-10,14H2,1-3H3. The Balaban J connectivity index is 3.04. The molecule has 0 N–H and O–H groups in total. The summed E-state index contributed by atoms with van der Waals surface area (Å²) in [7, 11) is 3.73. The quantitative estimate of drug-likeness (QED) is 0.319. The SMILES string of the molecule is COC(CCCCCCC[SiH2]C)OC. The molecular formula is C11H26O2Si. The predicted octanol–water partition coefficient (Wildman–Crippen LogP) is 2.58. The normalized spacial score (nSPS) is 12.0. The third-order valence-corrected chi connectivity index (χ3v) is 3.78. The maximum absolute atomic E-state index is 5.13. The van der Waals surface area contributed by atoms with Crippen molar-refractivity contribution in [3.05, 3.63) is 0 Å². The van der Waals surface area contributed by atoms with Gasteiger partial charge in [-0.15, -0.1) is 0 Å². The van der Waals surface area contributed by atoms with Crippen LogP contribution in [0.5, 0.6) is 0 Å². The lowest BCUT2D eigenvalue weighted by molar-refractivity contribution is -0.107. The zero-order valence-electron chi connectivity index (χ0n) is 10.1. The Morgan fingerprint density at radius 2 is 1.50 bits per heavy atom. The lowest BCUT2D eigenvalue weighted by Crippen LogP contribution is -2.12. The highest BCUT2D eigenvalue weighted by molar-refractivity contribution is 6.33. The second kappa shape index (κ2) is 11.2. The summed E-state index contributed by atoms with van der Waals surface area (Å²) in [4.78, 5) is 0. The Bertz CT molecular complexity index is 105.